The van der Waals surface area contributed by atoms with E-state index < -0.39 is 11.9 Å². The highest BCUT2D eigenvalue weighted by Gasteiger charge is 1.95. The highest BCUT2D eigenvalue weighted by atomic mass is 16.4. The van der Waals surface area contributed by atoms with E-state index in [0.717, 1.165) is 12.8 Å². The molecule has 5 heteroatoms. The smallest absolute Gasteiger partial charge is 0.317 e. The van der Waals surface area contributed by atoms with E-state index in [4.69, 9.17) is 10.2 Å². The van der Waals surface area contributed by atoms with Crippen molar-refractivity contribution in [2.75, 3.05) is 13.6 Å². The first-order chi connectivity index (χ1) is 11.5. The topological polar surface area (TPSA) is 86.6 Å². The number of hydrogen-bond acceptors (Lipinski definition) is 3. The fourth-order valence-electron chi connectivity index (χ4n) is 2.14. The SMILES string of the molecule is CCCCCC/C=C\CCCCCCCC(=O)O.CNCC(=O)O. The van der Waals surface area contributed by atoms with Crippen molar-refractivity contribution in [3.05, 3.63) is 12.2 Å². The van der Waals surface area contributed by atoms with Gasteiger partial charge in [0.1, 0.15) is 0 Å². The Balaban J connectivity index is 0. The zero-order chi connectivity index (χ0) is 18.5. The number of aliphatic carboxylic acids is 2. The zero-order valence-corrected chi connectivity index (χ0v) is 15.6. The fraction of sp³-hybridized carbons (Fsp3) is 0.789. The lowest BCUT2D eigenvalue weighted by atomic mass is 10.1. The van der Waals surface area contributed by atoms with Gasteiger partial charge in [-0.3, -0.25) is 9.59 Å². The third-order valence-electron chi connectivity index (χ3n) is 3.48. The number of hydrogen-bond donors (Lipinski definition) is 3. The Kier molecular flexibility index (Phi) is 22.4. The molecule has 0 saturated carbocycles. The average molecular weight is 344 g/mol. The Hall–Kier alpha value is -1.36. The van der Waals surface area contributed by atoms with Crippen molar-refractivity contribution in [2.45, 2.75) is 84.0 Å². The normalized spacial score (nSPS) is 10.4. The van der Waals surface area contributed by atoms with Crippen molar-refractivity contribution in [3.63, 3.8) is 0 Å². The zero-order valence-electron chi connectivity index (χ0n) is 15.6. The lowest BCUT2D eigenvalue weighted by Gasteiger charge is -1.98. The number of carboxylic acids is 2. The summed E-state index contributed by atoms with van der Waals surface area (Å²) in [6.07, 6.45) is 18.3. The van der Waals surface area contributed by atoms with E-state index in [1.54, 1.807) is 7.05 Å². The van der Waals surface area contributed by atoms with Crippen LogP contribution in [-0.2, 0) is 9.59 Å². The van der Waals surface area contributed by atoms with Crippen LogP contribution in [0.5, 0.6) is 0 Å². The maximum atomic E-state index is 10.3. The van der Waals surface area contributed by atoms with Crippen molar-refractivity contribution < 1.29 is 19.8 Å². The first kappa shape index (κ1) is 24.9. The van der Waals surface area contributed by atoms with Gasteiger partial charge in [-0.2, -0.15) is 0 Å². The van der Waals surface area contributed by atoms with Crippen LogP contribution in [0.25, 0.3) is 0 Å². The van der Waals surface area contributed by atoms with Gasteiger partial charge in [0.2, 0.25) is 0 Å². The number of likely N-dealkylation sites (N-methyl/N-ethyl adjacent to an activating group) is 1. The van der Waals surface area contributed by atoms with Crippen LogP contribution in [0.2, 0.25) is 0 Å². The summed E-state index contributed by atoms with van der Waals surface area (Å²) in [5, 5.41) is 18.8. The number of rotatable bonds is 15. The van der Waals surface area contributed by atoms with Crippen LogP contribution in [-0.4, -0.2) is 35.7 Å². The molecule has 5 nitrogen and oxygen atoms in total. The molecule has 0 aliphatic heterocycles. The molecular formula is C19H37NO4. The highest BCUT2D eigenvalue weighted by molar-refractivity contribution is 5.68. The van der Waals surface area contributed by atoms with Gasteiger partial charge in [-0.05, 0) is 39.2 Å². The van der Waals surface area contributed by atoms with Gasteiger partial charge in [0.15, 0.2) is 0 Å². The third kappa shape index (κ3) is 28.8. The van der Waals surface area contributed by atoms with Crippen LogP contribution >= 0.6 is 0 Å². The Morgan fingerprint density at radius 2 is 1.29 bits per heavy atom. The van der Waals surface area contributed by atoms with Gasteiger partial charge in [0, 0.05) is 6.42 Å². The summed E-state index contributed by atoms with van der Waals surface area (Å²) in [5.74, 6) is -1.49. The summed E-state index contributed by atoms with van der Waals surface area (Å²) in [7, 11) is 1.59. The van der Waals surface area contributed by atoms with Gasteiger partial charge >= 0.3 is 11.9 Å². The maximum absolute atomic E-state index is 10.3. The largest absolute Gasteiger partial charge is 0.481 e. The van der Waals surface area contributed by atoms with Gasteiger partial charge in [-0.1, -0.05) is 57.6 Å². The molecular weight excluding hydrogens is 306 g/mol. The monoisotopic (exact) mass is 343 g/mol. The molecule has 24 heavy (non-hydrogen) atoms. The van der Waals surface area contributed by atoms with Crippen LogP contribution in [0, 0.1) is 0 Å². The number of carboxylic acid groups (broad SMARTS) is 2. The van der Waals surface area contributed by atoms with E-state index in [9.17, 15) is 9.59 Å². The molecule has 0 spiro atoms. The molecule has 0 bridgehead atoms. The predicted molar refractivity (Wildman–Crippen MR) is 99.4 cm³/mol. The molecule has 0 heterocycles. The second kappa shape index (κ2) is 21.6. The van der Waals surface area contributed by atoms with Crippen molar-refractivity contribution in [2.24, 2.45) is 0 Å². The molecule has 0 amide bonds. The second-order valence-corrected chi connectivity index (χ2v) is 5.94. The Bertz CT molecular complexity index is 316. The fourth-order valence-corrected chi connectivity index (χ4v) is 2.14. The van der Waals surface area contributed by atoms with E-state index in [-0.39, 0.29) is 6.54 Å². The molecule has 0 atom stereocenters. The molecule has 0 aliphatic rings. The maximum Gasteiger partial charge on any atom is 0.317 e. The molecule has 0 unspecified atom stereocenters. The molecule has 0 fully saturated rings. The summed E-state index contributed by atoms with van der Waals surface area (Å²) >= 11 is 0. The van der Waals surface area contributed by atoms with E-state index in [1.807, 2.05) is 0 Å². The number of unbranched alkanes of at least 4 members (excludes halogenated alkanes) is 9. The number of nitrogens with one attached hydrogen (secondary N) is 1. The quantitative estimate of drug-likeness (QED) is 0.298. The lowest BCUT2D eigenvalue weighted by Crippen LogP contribution is -2.16. The van der Waals surface area contributed by atoms with Crippen LogP contribution in [0.4, 0.5) is 0 Å². The third-order valence-corrected chi connectivity index (χ3v) is 3.48. The molecule has 3 N–H and O–H groups in total. The molecule has 0 aromatic carbocycles. The minimum Gasteiger partial charge on any atom is -0.481 e. The van der Waals surface area contributed by atoms with Gasteiger partial charge in [-0.15, -0.1) is 0 Å². The summed E-state index contributed by atoms with van der Waals surface area (Å²) in [6.45, 7) is 2.28. The molecule has 0 aromatic rings. The highest BCUT2D eigenvalue weighted by Crippen LogP contribution is 2.08. The molecule has 0 aliphatic carbocycles. The van der Waals surface area contributed by atoms with Gasteiger partial charge in [0.05, 0.1) is 6.54 Å². The Morgan fingerprint density at radius 1 is 0.792 bits per heavy atom. The average Bonchev–Trinajstić information content (AvgIpc) is 2.52. The van der Waals surface area contributed by atoms with Crippen LogP contribution in [0.15, 0.2) is 12.2 Å². The minimum atomic E-state index is -0.822. The summed E-state index contributed by atoms with van der Waals surface area (Å²) in [6, 6.07) is 0. The first-order valence-corrected chi connectivity index (χ1v) is 9.27. The van der Waals surface area contributed by atoms with Crippen molar-refractivity contribution in [1.29, 1.82) is 0 Å². The van der Waals surface area contributed by atoms with Gasteiger partial charge < -0.3 is 15.5 Å². The van der Waals surface area contributed by atoms with E-state index >= 15 is 0 Å². The molecule has 0 saturated heterocycles. The number of carbonyl (C=O) groups is 2. The van der Waals surface area contributed by atoms with Crippen LogP contribution in [0.3, 0.4) is 0 Å². The van der Waals surface area contributed by atoms with Gasteiger partial charge in [-0.25, -0.2) is 0 Å². The van der Waals surface area contributed by atoms with Crippen molar-refractivity contribution in [1.82, 2.24) is 5.32 Å². The molecule has 0 radical (unpaired) electrons. The second-order valence-electron chi connectivity index (χ2n) is 5.94. The van der Waals surface area contributed by atoms with E-state index in [1.165, 1.54) is 57.8 Å². The molecule has 142 valence electrons. The molecule has 0 rings (SSSR count). The minimum absolute atomic E-state index is 0.0417. The Morgan fingerprint density at radius 3 is 1.71 bits per heavy atom. The predicted octanol–water partition coefficient (Wildman–Crippen LogP) is 4.62. The summed E-state index contributed by atoms with van der Waals surface area (Å²) in [5.41, 5.74) is 0. The summed E-state index contributed by atoms with van der Waals surface area (Å²) < 4.78 is 0. The number of allylic oxidation sites excluding steroid dienone is 2. The summed E-state index contributed by atoms with van der Waals surface area (Å²) in [4.78, 5) is 19.8. The van der Waals surface area contributed by atoms with Crippen LogP contribution in [0.1, 0.15) is 84.0 Å². The van der Waals surface area contributed by atoms with Crippen molar-refractivity contribution >= 4 is 11.9 Å². The van der Waals surface area contributed by atoms with Crippen LogP contribution < -0.4 is 5.32 Å². The van der Waals surface area contributed by atoms with Gasteiger partial charge in [0.25, 0.3) is 0 Å². The first-order valence-electron chi connectivity index (χ1n) is 9.27. The van der Waals surface area contributed by atoms with E-state index in [0.29, 0.717) is 6.42 Å². The standard InChI is InChI=1S/C16H30O2.C3H7NO2/c1-2-3-4-5-6-7-8-9-10-11-12-13-14-15-16(17)18;1-4-2-3(5)6/h7-8H,2-6,9-15H2,1H3,(H,17,18);4H,2H2,1H3,(H,5,6)/b8-7-;. The molecule has 0 aromatic heterocycles. The van der Waals surface area contributed by atoms with Crippen molar-refractivity contribution in [3.8, 4) is 0 Å². The Labute approximate surface area is 147 Å². The van der Waals surface area contributed by atoms with E-state index in [2.05, 4.69) is 24.4 Å². The lowest BCUT2D eigenvalue weighted by molar-refractivity contribution is -0.137.